The van der Waals surface area contributed by atoms with Crippen LogP contribution in [0.4, 0.5) is 8.78 Å². The zero-order chi connectivity index (χ0) is 14.2. The summed E-state index contributed by atoms with van der Waals surface area (Å²) in [5.41, 5.74) is 0.635. The number of nitrogens with one attached hydrogen (secondary N) is 1. The minimum absolute atomic E-state index is 0.0642. The van der Waals surface area contributed by atoms with Crippen molar-refractivity contribution in [2.45, 2.75) is 31.0 Å². The van der Waals surface area contributed by atoms with Gasteiger partial charge in [0, 0.05) is 6.54 Å². The van der Waals surface area contributed by atoms with Crippen LogP contribution >= 0.6 is 11.3 Å². The highest BCUT2D eigenvalue weighted by Crippen LogP contribution is 2.45. The summed E-state index contributed by atoms with van der Waals surface area (Å²) in [4.78, 5) is 14.1. The molecule has 3 rings (SSSR count). The van der Waals surface area contributed by atoms with Crippen molar-refractivity contribution in [1.82, 2.24) is 10.2 Å². The van der Waals surface area contributed by atoms with Gasteiger partial charge in [-0.1, -0.05) is 0 Å². The molecule has 0 aromatic carbocycles. The van der Waals surface area contributed by atoms with E-state index in [1.165, 1.54) is 0 Å². The highest BCUT2D eigenvalue weighted by molar-refractivity contribution is 7.07. The molecule has 1 N–H and O–H groups in total. The van der Waals surface area contributed by atoms with Crippen LogP contribution in [0.25, 0.3) is 0 Å². The number of halogens is 2. The molecule has 1 saturated carbocycles. The van der Waals surface area contributed by atoms with Gasteiger partial charge in [0.25, 0.3) is 6.43 Å². The summed E-state index contributed by atoms with van der Waals surface area (Å²) in [6, 6.07) is 1.98. The number of hydrogen-bond acceptors (Lipinski definition) is 4. The van der Waals surface area contributed by atoms with Crippen LogP contribution in [-0.2, 0) is 9.53 Å². The standard InChI is InChI=1S/C13H16F2N2O2S/c14-10(15)7-19-5-4-17-11(9-1-6-20-8-9)16-13(2-3-13)12(17)18/h1,6,8,10-11,16H,2-5,7H2. The molecule has 1 amide bonds. The van der Waals surface area contributed by atoms with Gasteiger partial charge in [-0.05, 0) is 35.2 Å². The zero-order valence-corrected chi connectivity index (χ0v) is 11.7. The largest absolute Gasteiger partial charge is 0.374 e. The van der Waals surface area contributed by atoms with Gasteiger partial charge in [0.2, 0.25) is 5.91 Å². The van der Waals surface area contributed by atoms with E-state index in [4.69, 9.17) is 4.74 Å². The fraction of sp³-hybridized carbons (Fsp3) is 0.615. The Morgan fingerprint density at radius 1 is 1.55 bits per heavy atom. The highest BCUT2D eigenvalue weighted by atomic mass is 32.1. The molecule has 0 radical (unpaired) electrons. The molecule has 1 atom stereocenters. The van der Waals surface area contributed by atoms with E-state index in [0.717, 1.165) is 18.4 Å². The third-order valence-electron chi connectivity index (χ3n) is 3.72. The molecule has 1 unspecified atom stereocenters. The van der Waals surface area contributed by atoms with Gasteiger partial charge >= 0.3 is 0 Å². The summed E-state index contributed by atoms with van der Waals surface area (Å²) in [7, 11) is 0. The van der Waals surface area contributed by atoms with Crippen molar-refractivity contribution in [2.75, 3.05) is 19.8 Å². The lowest BCUT2D eigenvalue weighted by molar-refractivity contribution is -0.131. The normalized spacial score (nSPS) is 24.1. The van der Waals surface area contributed by atoms with E-state index in [0.29, 0.717) is 6.54 Å². The molecule has 20 heavy (non-hydrogen) atoms. The molecule has 1 aliphatic carbocycles. The molecule has 1 saturated heterocycles. The second kappa shape index (κ2) is 5.38. The second-order valence-electron chi connectivity index (χ2n) is 5.15. The number of amides is 1. The van der Waals surface area contributed by atoms with E-state index in [9.17, 15) is 13.6 Å². The SMILES string of the molecule is O=C1N(CCOCC(F)F)C(c2ccsc2)NC12CC2. The summed E-state index contributed by atoms with van der Waals surface area (Å²) < 4.78 is 28.9. The molecule has 2 aliphatic rings. The van der Waals surface area contributed by atoms with Crippen molar-refractivity contribution in [1.29, 1.82) is 0 Å². The van der Waals surface area contributed by atoms with Crippen molar-refractivity contribution in [3.05, 3.63) is 22.4 Å². The molecule has 4 nitrogen and oxygen atoms in total. The maximum absolute atomic E-state index is 12.4. The van der Waals surface area contributed by atoms with Gasteiger partial charge in [-0.15, -0.1) is 0 Å². The van der Waals surface area contributed by atoms with Crippen LogP contribution in [-0.4, -0.2) is 42.5 Å². The summed E-state index contributed by atoms with van der Waals surface area (Å²) >= 11 is 1.57. The Hall–Kier alpha value is -1.05. The first-order valence-electron chi connectivity index (χ1n) is 6.59. The number of nitrogens with zero attached hydrogens (tertiary/aromatic N) is 1. The highest BCUT2D eigenvalue weighted by Gasteiger charge is 2.59. The Kier molecular flexibility index (Phi) is 3.74. The summed E-state index contributed by atoms with van der Waals surface area (Å²) in [5.74, 6) is 0.0642. The molecule has 7 heteroatoms. The van der Waals surface area contributed by atoms with Crippen LogP contribution in [0, 0.1) is 0 Å². The van der Waals surface area contributed by atoms with Gasteiger partial charge in [0.05, 0.1) is 6.61 Å². The van der Waals surface area contributed by atoms with Gasteiger partial charge in [-0.25, -0.2) is 8.78 Å². The Balaban J connectivity index is 1.64. The molecule has 1 aromatic rings. The quantitative estimate of drug-likeness (QED) is 0.817. The molecule has 1 spiro atoms. The lowest BCUT2D eigenvalue weighted by Gasteiger charge is -2.23. The lowest BCUT2D eigenvalue weighted by atomic mass is 10.2. The van der Waals surface area contributed by atoms with Gasteiger partial charge < -0.3 is 9.64 Å². The number of carbonyl (C=O) groups excluding carboxylic acids is 1. The van der Waals surface area contributed by atoms with Crippen LogP contribution in [0.1, 0.15) is 24.6 Å². The zero-order valence-electron chi connectivity index (χ0n) is 10.9. The van der Waals surface area contributed by atoms with Crippen molar-refractivity contribution in [3.63, 3.8) is 0 Å². The van der Waals surface area contributed by atoms with Gasteiger partial charge in [-0.2, -0.15) is 11.3 Å². The summed E-state index contributed by atoms with van der Waals surface area (Å²) in [5, 5.41) is 7.34. The van der Waals surface area contributed by atoms with Crippen LogP contribution in [0.5, 0.6) is 0 Å². The van der Waals surface area contributed by atoms with Crippen LogP contribution in [0.15, 0.2) is 16.8 Å². The van der Waals surface area contributed by atoms with Crippen molar-refractivity contribution < 1.29 is 18.3 Å². The average Bonchev–Trinajstić information content (AvgIpc) is 2.89. The van der Waals surface area contributed by atoms with Crippen molar-refractivity contribution in [3.8, 4) is 0 Å². The van der Waals surface area contributed by atoms with E-state index in [2.05, 4.69) is 5.32 Å². The third kappa shape index (κ3) is 2.57. The minimum atomic E-state index is -2.47. The van der Waals surface area contributed by atoms with E-state index in [1.54, 1.807) is 16.2 Å². The first-order chi connectivity index (χ1) is 9.62. The third-order valence-corrected chi connectivity index (χ3v) is 4.43. The fourth-order valence-electron chi connectivity index (χ4n) is 2.54. The first kappa shape index (κ1) is 13.9. The van der Waals surface area contributed by atoms with E-state index in [1.807, 2.05) is 16.8 Å². The van der Waals surface area contributed by atoms with Gasteiger partial charge in [0.15, 0.2) is 0 Å². The number of rotatable bonds is 6. The molecule has 2 fully saturated rings. The number of carbonyl (C=O) groups is 1. The summed E-state index contributed by atoms with van der Waals surface area (Å²) in [6.45, 7) is -0.112. The van der Waals surface area contributed by atoms with Crippen LogP contribution in [0.2, 0.25) is 0 Å². The molecule has 1 aromatic heterocycles. The maximum Gasteiger partial charge on any atom is 0.261 e. The number of alkyl halides is 2. The van der Waals surface area contributed by atoms with E-state index in [-0.39, 0.29) is 18.7 Å². The smallest absolute Gasteiger partial charge is 0.261 e. The fourth-order valence-corrected chi connectivity index (χ4v) is 3.22. The molecular weight excluding hydrogens is 286 g/mol. The molecule has 2 heterocycles. The van der Waals surface area contributed by atoms with Crippen LogP contribution in [0.3, 0.4) is 0 Å². The maximum atomic E-state index is 12.4. The van der Waals surface area contributed by atoms with Gasteiger partial charge in [-0.3, -0.25) is 10.1 Å². The Labute approximate surface area is 119 Å². The second-order valence-corrected chi connectivity index (χ2v) is 5.93. The Bertz CT molecular complexity index is 477. The van der Waals surface area contributed by atoms with Crippen molar-refractivity contribution >= 4 is 17.2 Å². The first-order valence-corrected chi connectivity index (χ1v) is 7.53. The summed E-state index contributed by atoms with van der Waals surface area (Å²) in [6.07, 6.45) is -0.932. The van der Waals surface area contributed by atoms with E-state index < -0.39 is 18.6 Å². The number of hydrogen-bond donors (Lipinski definition) is 1. The van der Waals surface area contributed by atoms with Gasteiger partial charge in [0.1, 0.15) is 18.3 Å². The minimum Gasteiger partial charge on any atom is -0.374 e. The predicted molar refractivity (Wildman–Crippen MR) is 70.7 cm³/mol. The number of ether oxygens (including phenoxy) is 1. The molecule has 1 aliphatic heterocycles. The molecule has 0 bridgehead atoms. The molecular formula is C13H16F2N2O2S. The number of thiophene rings is 1. The topological polar surface area (TPSA) is 41.6 Å². The predicted octanol–water partition coefficient (Wildman–Crippen LogP) is 1.99. The van der Waals surface area contributed by atoms with E-state index >= 15 is 0 Å². The Morgan fingerprint density at radius 3 is 2.95 bits per heavy atom. The average molecular weight is 302 g/mol. The molecule has 110 valence electrons. The lowest BCUT2D eigenvalue weighted by Crippen LogP contribution is -2.34. The van der Waals surface area contributed by atoms with Crippen LogP contribution < -0.4 is 5.32 Å². The van der Waals surface area contributed by atoms with Crippen molar-refractivity contribution in [2.24, 2.45) is 0 Å². The Morgan fingerprint density at radius 2 is 2.35 bits per heavy atom. The monoisotopic (exact) mass is 302 g/mol.